The normalized spacial score (nSPS) is 17.2. The third-order valence-corrected chi connectivity index (χ3v) is 5.84. The van der Waals surface area contributed by atoms with Crippen LogP contribution in [-0.2, 0) is 17.8 Å². The minimum atomic E-state index is 0.231. The highest BCUT2D eigenvalue weighted by Crippen LogP contribution is 2.18. The Hall–Kier alpha value is -2.99. The van der Waals surface area contributed by atoms with Crippen LogP contribution in [0.1, 0.15) is 11.1 Å². The number of morpholine rings is 1. The van der Waals surface area contributed by atoms with Crippen LogP contribution < -0.4 is 5.32 Å². The van der Waals surface area contributed by atoms with Crippen molar-refractivity contribution in [3.8, 4) is 5.69 Å². The molecular weight excluding hydrogens is 384 g/mol. The molecule has 1 fully saturated rings. The SMILES string of the molecule is c1ccc(CN2CCOC(CNCc3ccc(-n4cnc5ccccc54)cc3)C2)cc1. The van der Waals surface area contributed by atoms with Gasteiger partial charge in [-0.15, -0.1) is 0 Å². The molecule has 5 nitrogen and oxygen atoms in total. The first-order valence-corrected chi connectivity index (χ1v) is 11.0. The molecule has 0 aliphatic carbocycles. The Morgan fingerprint density at radius 1 is 0.903 bits per heavy atom. The summed E-state index contributed by atoms with van der Waals surface area (Å²) in [5.41, 5.74) is 5.90. The van der Waals surface area contributed by atoms with Crippen LogP contribution in [0.5, 0.6) is 0 Å². The number of hydrogen-bond acceptors (Lipinski definition) is 4. The Morgan fingerprint density at radius 3 is 2.58 bits per heavy atom. The van der Waals surface area contributed by atoms with Gasteiger partial charge in [0.1, 0.15) is 6.33 Å². The van der Waals surface area contributed by atoms with Crippen LogP contribution in [0.4, 0.5) is 0 Å². The van der Waals surface area contributed by atoms with Gasteiger partial charge in [0.25, 0.3) is 0 Å². The maximum Gasteiger partial charge on any atom is 0.100 e. The van der Waals surface area contributed by atoms with E-state index in [1.165, 1.54) is 11.1 Å². The number of fused-ring (bicyclic) bond motifs is 1. The molecule has 1 atom stereocenters. The van der Waals surface area contributed by atoms with Crippen molar-refractivity contribution in [2.75, 3.05) is 26.2 Å². The zero-order chi connectivity index (χ0) is 20.9. The van der Waals surface area contributed by atoms with E-state index in [0.717, 1.165) is 56.1 Å². The van der Waals surface area contributed by atoms with Crippen LogP contribution in [-0.4, -0.2) is 46.8 Å². The number of imidazole rings is 1. The van der Waals surface area contributed by atoms with Crippen molar-refractivity contribution in [2.24, 2.45) is 0 Å². The smallest absolute Gasteiger partial charge is 0.100 e. The molecule has 0 spiro atoms. The molecule has 0 saturated carbocycles. The Morgan fingerprint density at radius 2 is 1.71 bits per heavy atom. The molecule has 3 aromatic carbocycles. The van der Waals surface area contributed by atoms with E-state index in [1.807, 2.05) is 24.5 Å². The first kappa shape index (κ1) is 19.9. The zero-order valence-corrected chi connectivity index (χ0v) is 17.7. The highest BCUT2D eigenvalue weighted by Gasteiger charge is 2.20. The number of para-hydroxylation sites is 2. The summed E-state index contributed by atoms with van der Waals surface area (Å²) in [5.74, 6) is 0. The second-order valence-corrected chi connectivity index (χ2v) is 8.11. The van der Waals surface area contributed by atoms with Gasteiger partial charge < -0.3 is 10.1 Å². The van der Waals surface area contributed by atoms with E-state index >= 15 is 0 Å². The number of hydrogen-bond donors (Lipinski definition) is 1. The van der Waals surface area contributed by atoms with Gasteiger partial charge in [0.2, 0.25) is 0 Å². The molecule has 1 aliphatic rings. The highest BCUT2D eigenvalue weighted by molar-refractivity contribution is 5.77. The van der Waals surface area contributed by atoms with Crippen molar-refractivity contribution in [2.45, 2.75) is 19.2 Å². The van der Waals surface area contributed by atoms with E-state index in [4.69, 9.17) is 4.74 Å². The monoisotopic (exact) mass is 412 g/mol. The summed E-state index contributed by atoms with van der Waals surface area (Å²) < 4.78 is 8.11. The molecule has 1 N–H and O–H groups in total. The molecule has 2 heterocycles. The van der Waals surface area contributed by atoms with Gasteiger partial charge in [-0.1, -0.05) is 54.6 Å². The quantitative estimate of drug-likeness (QED) is 0.498. The van der Waals surface area contributed by atoms with Crippen LogP contribution in [0, 0.1) is 0 Å². The lowest BCUT2D eigenvalue weighted by Gasteiger charge is -2.33. The summed E-state index contributed by atoms with van der Waals surface area (Å²) in [6, 6.07) is 27.6. The summed E-state index contributed by atoms with van der Waals surface area (Å²) in [4.78, 5) is 6.97. The molecule has 1 saturated heterocycles. The number of ether oxygens (including phenoxy) is 1. The van der Waals surface area contributed by atoms with Gasteiger partial charge in [-0.2, -0.15) is 0 Å². The van der Waals surface area contributed by atoms with Crippen molar-refractivity contribution in [1.29, 1.82) is 0 Å². The van der Waals surface area contributed by atoms with Crippen LogP contribution in [0.15, 0.2) is 85.2 Å². The van der Waals surface area contributed by atoms with Gasteiger partial charge in [0.15, 0.2) is 0 Å². The predicted octanol–water partition coefficient (Wildman–Crippen LogP) is 4.02. The second kappa shape index (κ2) is 9.43. The van der Waals surface area contributed by atoms with Gasteiger partial charge in [-0.05, 0) is 35.4 Å². The Balaban J connectivity index is 1.13. The lowest BCUT2D eigenvalue weighted by atomic mass is 10.1. The van der Waals surface area contributed by atoms with E-state index in [9.17, 15) is 0 Å². The maximum atomic E-state index is 5.98. The van der Waals surface area contributed by atoms with E-state index in [0.29, 0.717) is 0 Å². The van der Waals surface area contributed by atoms with Crippen LogP contribution in [0.3, 0.4) is 0 Å². The summed E-state index contributed by atoms with van der Waals surface area (Å²) >= 11 is 0. The number of nitrogens with one attached hydrogen (secondary N) is 1. The first-order chi connectivity index (χ1) is 15.3. The summed E-state index contributed by atoms with van der Waals surface area (Å²) in [5, 5.41) is 3.57. The summed E-state index contributed by atoms with van der Waals surface area (Å²) in [6.07, 6.45) is 2.12. The Kier molecular flexibility index (Phi) is 6.07. The molecule has 0 amide bonds. The fraction of sp³-hybridized carbons (Fsp3) is 0.269. The Bertz CT molecular complexity index is 1110. The third-order valence-electron chi connectivity index (χ3n) is 5.84. The Labute approximate surface area is 183 Å². The van der Waals surface area contributed by atoms with E-state index in [2.05, 4.69) is 80.4 Å². The van der Waals surface area contributed by atoms with Crippen LogP contribution in [0.2, 0.25) is 0 Å². The second-order valence-electron chi connectivity index (χ2n) is 8.11. The van der Waals surface area contributed by atoms with E-state index in [1.54, 1.807) is 0 Å². The predicted molar refractivity (Wildman–Crippen MR) is 124 cm³/mol. The van der Waals surface area contributed by atoms with Gasteiger partial charge in [-0.3, -0.25) is 9.47 Å². The average molecular weight is 413 g/mol. The van der Waals surface area contributed by atoms with Crippen LogP contribution >= 0.6 is 0 Å². The van der Waals surface area contributed by atoms with Crippen molar-refractivity contribution in [1.82, 2.24) is 19.8 Å². The molecule has 31 heavy (non-hydrogen) atoms. The van der Waals surface area contributed by atoms with Crippen LogP contribution in [0.25, 0.3) is 16.7 Å². The lowest BCUT2D eigenvalue weighted by Crippen LogP contribution is -2.46. The average Bonchev–Trinajstić information content (AvgIpc) is 3.25. The summed E-state index contributed by atoms with van der Waals surface area (Å²) in [7, 11) is 0. The highest BCUT2D eigenvalue weighted by atomic mass is 16.5. The standard InChI is InChI=1S/C26H28N4O/c1-2-6-22(7-3-1)18-29-14-15-31-24(19-29)17-27-16-21-10-12-23(13-11-21)30-20-28-25-8-4-5-9-26(25)30/h1-13,20,24,27H,14-19H2. The van der Waals surface area contributed by atoms with Gasteiger partial charge in [0.05, 0.1) is 23.7 Å². The summed E-state index contributed by atoms with van der Waals surface area (Å²) in [6.45, 7) is 5.45. The third kappa shape index (κ3) is 4.85. The van der Waals surface area contributed by atoms with E-state index in [-0.39, 0.29) is 6.10 Å². The molecule has 0 radical (unpaired) electrons. The van der Waals surface area contributed by atoms with Crippen molar-refractivity contribution in [3.63, 3.8) is 0 Å². The van der Waals surface area contributed by atoms with Gasteiger partial charge in [-0.25, -0.2) is 4.98 Å². The minimum absolute atomic E-state index is 0.231. The lowest BCUT2D eigenvalue weighted by molar-refractivity contribution is -0.0300. The molecule has 4 aromatic rings. The topological polar surface area (TPSA) is 42.3 Å². The molecule has 5 rings (SSSR count). The molecule has 0 bridgehead atoms. The molecule has 1 unspecified atom stereocenters. The van der Waals surface area contributed by atoms with Crippen molar-refractivity contribution in [3.05, 3.63) is 96.3 Å². The molecule has 1 aliphatic heterocycles. The number of nitrogens with zero attached hydrogens (tertiary/aromatic N) is 3. The number of rotatable bonds is 7. The molecule has 5 heteroatoms. The largest absolute Gasteiger partial charge is 0.374 e. The van der Waals surface area contributed by atoms with E-state index < -0.39 is 0 Å². The molecular formula is C26H28N4O. The van der Waals surface area contributed by atoms with Gasteiger partial charge >= 0.3 is 0 Å². The fourth-order valence-corrected chi connectivity index (χ4v) is 4.21. The first-order valence-electron chi connectivity index (χ1n) is 11.0. The fourth-order valence-electron chi connectivity index (χ4n) is 4.21. The molecule has 1 aromatic heterocycles. The molecule has 158 valence electrons. The van der Waals surface area contributed by atoms with Gasteiger partial charge in [0, 0.05) is 38.4 Å². The van der Waals surface area contributed by atoms with Crippen molar-refractivity contribution < 1.29 is 4.74 Å². The van der Waals surface area contributed by atoms with Crippen molar-refractivity contribution >= 4 is 11.0 Å². The maximum absolute atomic E-state index is 5.98. The minimum Gasteiger partial charge on any atom is -0.374 e. The zero-order valence-electron chi connectivity index (χ0n) is 17.7. The number of benzene rings is 3. The number of aromatic nitrogens is 2.